The van der Waals surface area contributed by atoms with Crippen LogP contribution in [0, 0.1) is 23.8 Å². The Kier molecular flexibility index (Phi) is 1.61. The Morgan fingerprint density at radius 1 is 1.55 bits per heavy atom. The number of hydrogen-bond acceptors (Lipinski definition) is 1. The molecule has 0 aliphatic heterocycles. The largest absolute Gasteiger partial charge is 0.247 e. The molecule has 53 valence electrons. The first-order valence-electron chi connectivity index (χ1n) is 3.79. The summed E-state index contributed by atoms with van der Waals surface area (Å²) in [7, 11) is 0. The Hall–Kier alpha value is -1.29. The molecule has 0 unspecified atom stereocenters. The summed E-state index contributed by atoms with van der Waals surface area (Å²) in [4.78, 5) is 4.05. The second kappa shape index (κ2) is 2.75. The van der Waals surface area contributed by atoms with Crippen molar-refractivity contribution >= 4 is 0 Å². The lowest BCUT2D eigenvalue weighted by Gasteiger charge is -1.83. The molecule has 0 N–H and O–H groups in total. The fourth-order valence-corrected chi connectivity index (χ4v) is 0.791. The van der Waals surface area contributed by atoms with Crippen molar-refractivity contribution < 1.29 is 0 Å². The molecule has 1 nitrogen and oxygen atoms in total. The Morgan fingerprint density at radius 2 is 2.45 bits per heavy atom. The highest BCUT2D eigenvalue weighted by atomic mass is 14.6. The van der Waals surface area contributed by atoms with Crippen LogP contribution in [-0.2, 0) is 0 Å². The molecule has 1 aromatic rings. The van der Waals surface area contributed by atoms with Crippen molar-refractivity contribution in [3.8, 4) is 11.8 Å². The lowest BCUT2D eigenvalue weighted by atomic mass is 10.3. The zero-order valence-corrected chi connectivity index (χ0v) is 6.17. The van der Waals surface area contributed by atoms with Crippen LogP contribution in [0.5, 0.6) is 0 Å². The molecule has 0 aromatic carbocycles. The molecule has 1 heteroatoms. The van der Waals surface area contributed by atoms with E-state index in [-0.39, 0.29) is 0 Å². The van der Waals surface area contributed by atoms with Crippen LogP contribution in [0.4, 0.5) is 0 Å². The zero-order valence-electron chi connectivity index (χ0n) is 6.17. The maximum atomic E-state index is 4.05. The molecular weight excluding hydrogens is 134 g/mol. The van der Waals surface area contributed by atoms with E-state index >= 15 is 0 Å². The minimum Gasteiger partial charge on any atom is -0.247 e. The smallest absolute Gasteiger partial charge is 0.121 e. The van der Waals surface area contributed by atoms with Gasteiger partial charge in [0.2, 0.25) is 0 Å². The van der Waals surface area contributed by atoms with Crippen LogP contribution in [0.3, 0.4) is 0 Å². The molecule has 1 radical (unpaired) electrons. The fraction of sp³-hybridized carbons (Fsp3) is 0.300. The van der Waals surface area contributed by atoms with Gasteiger partial charge in [-0.3, -0.25) is 0 Å². The van der Waals surface area contributed by atoms with Gasteiger partial charge in [0.15, 0.2) is 0 Å². The van der Waals surface area contributed by atoms with Gasteiger partial charge in [-0.05, 0) is 30.9 Å². The Morgan fingerprint density at radius 3 is 3.09 bits per heavy atom. The summed E-state index contributed by atoms with van der Waals surface area (Å²) < 4.78 is 0. The molecule has 1 aliphatic rings. The highest BCUT2D eigenvalue weighted by Gasteiger charge is 2.17. The van der Waals surface area contributed by atoms with E-state index in [2.05, 4.69) is 22.9 Å². The second-order valence-corrected chi connectivity index (χ2v) is 2.67. The van der Waals surface area contributed by atoms with Gasteiger partial charge in [0.05, 0.1) is 0 Å². The first kappa shape index (κ1) is 6.42. The van der Waals surface area contributed by atoms with E-state index in [1.165, 1.54) is 12.8 Å². The molecule has 2 rings (SSSR count). The minimum absolute atomic E-state index is 0.644. The predicted octanol–water partition coefficient (Wildman–Crippen LogP) is 1.64. The van der Waals surface area contributed by atoms with Crippen LogP contribution in [0.25, 0.3) is 0 Å². The van der Waals surface area contributed by atoms with Gasteiger partial charge in [-0.1, -0.05) is 5.92 Å². The zero-order chi connectivity index (χ0) is 7.52. The molecule has 1 heterocycles. The minimum atomic E-state index is 0.644. The summed E-state index contributed by atoms with van der Waals surface area (Å²) in [5.41, 5.74) is 0.763. The standard InChI is InChI=1S/C10H8N/c1-2-8-11-10(3-1)7-6-9-4-5-9/h1-2,8-9H,4-5H2. The third kappa shape index (κ3) is 1.81. The van der Waals surface area contributed by atoms with Crippen LogP contribution < -0.4 is 0 Å². The van der Waals surface area contributed by atoms with Crippen LogP contribution >= 0.6 is 0 Å². The van der Waals surface area contributed by atoms with Gasteiger partial charge in [-0.2, -0.15) is 0 Å². The van der Waals surface area contributed by atoms with E-state index in [4.69, 9.17) is 0 Å². The van der Waals surface area contributed by atoms with E-state index in [9.17, 15) is 0 Å². The Bertz CT molecular complexity index is 288. The molecule has 1 aromatic heterocycles. The predicted molar refractivity (Wildman–Crippen MR) is 42.7 cm³/mol. The van der Waals surface area contributed by atoms with Crippen molar-refractivity contribution in [1.29, 1.82) is 0 Å². The highest BCUT2D eigenvalue weighted by Crippen LogP contribution is 2.27. The molecule has 11 heavy (non-hydrogen) atoms. The van der Waals surface area contributed by atoms with E-state index in [0.29, 0.717) is 5.92 Å². The monoisotopic (exact) mass is 142 g/mol. The van der Waals surface area contributed by atoms with E-state index in [1.807, 2.05) is 12.1 Å². The number of pyridine rings is 1. The van der Waals surface area contributed by atoms with Crippen LogP contribution in [0.2, 0.25) is 0 Å². The van der Waals surface area contributed by atoms with Gasteiger partial charge in [-0.25, -0.2) is 4.98 Å². The molecule has 0 spiro atoms. The van der Waals surface area contributed by atoms with Crippen molar-refractivity contribution in [1.82, 2.24) is 4.98 Å². The van der Waals surface area contributed by atoms with Crippen LogP contribution in [-0.4, -0.2) is 4.98 Å². The molecule has 0 atom stereocenters. The van der Waals surface area contributed by atoms with Gasteiger partial charge >= 0.3 is 0 Å². The lowest BCUT2D eigenvalue weighted by molar-refractivity contribution is 1.17. The summed E-state index contributed by atoms with van der Waals surface area (Å²) in [6.45, 7) is 0. The number of rotatable bonds is 0. The number of nitrogens with zero attached hydrogens (tertiary/aromatic N) is 1. The molecular formula is C10H8N. The quantitative estimate of drug-likeness (QED) is 0.502. The molecule has 1 saturated carbocycles. The Labute approximate surface area is 66.5 Å². The first-order chi connectivity index (χ1) is 5.45. The van der Waals surface area contributed by atoms with Crippen molar-refractivity contribution in [2.45, 2.75) is 12.8 Å². The normalized spacial score (nSPS) is 15.3. The van der Waals surface area contributed by atoms with E-state index < -0.39 is 0 Å². The van der Waals surface area contributed by atoms with Crippen LogP contribution in [0.15, 0.2) is 18.3 Å². The van der Waals surface area contributed by atoms with Crippen molar-refractivity contribution in [2.24, 2.45) is 5.92 Å². The van der Waals surface area contributed by atoms with Crippen molar-refractivity contribution in [2.75, 3.05) is 0 Å². The van der Waals surface area contributed by atoms with E-state index in [1.54, 1.807) is 6.20 Å². The number of aromatic nitrogens is 1. The average molecular weight is 142 g/mol. The van der Waals surface area contributed by atoms with Crippen molar-refractivity contribution in [3.05, 3.63) is 30.1 Å². The maximum absolute atomic E-state index is 4.05. The highest BCUT2D eigenvalue weighted by molar-refractivity contribution is 5.27. The third-order valence-electron chi connectivity index (χ3n) is 1.58. The van der Waals surface area contributed by atoms with Gasteiger partial charge < -0.3 is 0 Å². The molecule has 0 bridgehead atoms. The van der Waals surface area contributed by atoms with Gasteiger partial charge in [-0.15, -0.1) is 0 Å². The number of hydrogen-bond donors (Lipinski definition) is 0. The SMILES string of the molecule is C(#CC1CC1)c1[c]cccn1. The molecule has 0 amide bonds. The molecule has 1 aliphatic carbocycles. The topological polar surface area (TPSA) is 12.9 Å². The van der Waals surface area contributed by atoms with Crippen LogP contribution in [0.1, 0.15) is 18.5 Å². The Balaban J connectivity index is 2.12. The first-order valence-corrected chi connectivity index (χ1v) is 3.79. The summed E-state index contributed by atoms with van der Waals surface area (Å²) in [5, 5.41) is 0. The maximum Gasteiger partial charge on any atom is 0.121 e. The molecule has 1 fully saturated rings. The van der Waals surface area contributed by atoms with E-state index in [0.717, 1.165) is 5.69 Å². The lowest BCUT2D eigenvalue weighted by Crippen LogP contribution is -1.78. The van der Waals surface area contributed by atoms with Crippen molar-refractivity contribution in [3.63, 3.8) is 0 Å². The van der Waals surface area contributed by atoms with Gasteiger partial charge in [0.1, 0.15) is 5.69 Å². The third-order valence-corrected chi connectivity index (χ3v) is 1.58. The summed E-state index contributed by atoms with van der Waals surface area (Å²) in [6, 6.07) is 6.65. The van der Waals surface area contributed by atoms with Gasteiger partial charge in [0, 0.05) is 18.2 Å². The summed E-state index contributed by atoms with van der Waals surface area (Å²) >= 11 is 0. The fourth-order valence-electron chi connectivity index (χ4n) is 0.791. The summed E-state index contributed by atoms with van der Waals surface area (Å²) in [6.07, 6.45) is 4.27. The second-order valence-electron chi connectivity index (χ2n) is 2.67. The average Bonchev–Trinajstić information content (AvgIpc) is 2.86. The van der Waals surface area contributed by atoms with Gasteiger partial charge in [0.25, 0.3) is 0 Å². The molecule has 0 saturated heterocycles. The summed E-state index contributed by atoms with van der Waals surface area (Å²) in [5.74, 6) is 6.76.